The normalized spacial score (nSPS) is 18.4. The zero-order valence-electron chi connectivity index (χ0n) is 21.3. The second-order valence-electron chi connectivity index (χ2n) is 9.76. The molecule has 1 aliphatic carbocycles. The van der Waals surface area contributed by atoms with E-state index in [1.807, 2.05) is 78.9 Å². The lowest BCUT2D eigenvalue weighted by molar-refractivity contribution is -0.116. The molecule has 0 saturated heterocycles. The van der Waals surface area contributed by atoms with E-state index in [1.165, 1.54) is 0 Å². The van der Waals surface area contributed by atoms with Crippen molar-refractivity contribution in [3.05, 3.63) is 131 Å². The molecular weight excluding hydrogens is 472 g/mol. The van der Waals surface area contributed by atoms with Crippen molar-refractivity contribution in [1.82, 2.24) is 0 Å². The summed E-state index contributed by atoms with van der Waals surface area (Å²) < 4.78 is 11.8. The average molecular weight is 503 g/mol. The number of para-hydroxylation sites is 3. The minimum absolute atomic E-state index is 0.0688. The summed E-state index contributed by atoms with van der Waals surface area (Å²) in [6, 6.07) is 34.0. The van der Waals surface area contributed by atoms with Gasteiger partial charge in [0.2, 0.25) is 0 Å². The average Bonchev–Trinajstić information content (AvgIpc) is 3.14. The van der Waals surface area contributed by atoms with Crippen LogP contribution >= 0.6 is 0 Å². The van der Waals surface area contributed by atoms with E-state index in [9.17, 15) is 4.79 Å². The van der Waals surface area contributed by atoms with Crippen molar-refractivity contribution < 1.29 is 14.3 Å². The van der Waals surface area contributed by atoms with Crippen LogP contribution in [0, 0.1) is 0 Å². The quantitative estimate of drug-likeness (QED) is 0.291. The highest BCUT2D eigenvalue weighted by Crippen LogP contribution is 2.46. The van der Waals surface area contributed by atoms with Crippen molar-refractivity contribution in [1.29, 1.82) is 0 Å². The van der Waals surface area contributed by atoms with E-state index in [1.54, 1.807) is 7.11 Å². The van der Waals surface area contributed by atoms with Gasteiger partial charge in [0, 0.05) is 23.3 Å². The molecule has 2 N–H and O–H groups in total. The number of fused-ring (bicyclic) bond motifs is 1. The topological polar surface area (TPSA) is 59.6 Å². The van der Waals surface area contributed by atoms with Crippen molar-refractivity contribution in [3.8, 4) is 11.5 Å². The molecule has 1 heterocycles. The van der Waals surface area contributed by atoms with E-state index in [0.29, 0.717) is 13.0 Å². The standard InChI is InChI=1S/C33H30N2O3/c1-37-25-13-9-12-23(18-25)24-19-29-32(30(36)20-24)33(35-28-16-7-6-15-27(28)34-29)26-14-5-8-17-31(26)38-21-22-10-3-2-4-11-22/h2-18,24,33-35H,19-21H2,1H3. The predicted octanol–water partition coefficient (Wildman–Crippen LogP) is 7.25. The van der Waals surface area contributed by atoms with Gasteiger partial charge in [-0.2, -0.15) is 0 Å². The highest BCUT2D eigenvalue weighted by molar-refractivity contribution is 6.01. The number of carbonyl (C=O) groups is 1. The maximum absolute atomic E-state index is 13.9. The second kappa shape index (κ2) is 10.5. The number of rotatable bonds is 6. The van der Waals surface area contributed by atoms with Gasteiger partial charge in [0.25, 0.3) is 0 Å². The monoisotopic (exact) mass is 502 g/mol. The molecule has 0 amide bonds. The Labute approximate surface area is 223 Å². The van der Waals surface area contributed by atoms with Crippen LogP contribution in [-0.4, -0.2) is 12.9 Å². The molecule has 5 heteroatoms. The van der Waals surface area contributed by atoms with E-state index in [0.717, 1.165) is 57.3 Å². The first-order valence-electron chi connectivity index (χ1n) is 13.0. The summed E-state index contributed by atoms with van der Waals surface area (Å²) in [7, 11) is 1.67. The minimum atomic E-state index is -0.341. The van der Waals surface area contributed by atoms with Gasteiger partial charge in [-0.15, -0.1) is 0 Å². The van der Waals surface area contributed by atoms with Crippen molar-refractivity contribution in [2.24, 2.45) is 0 Å². The number of ether oxygens (including phenoxy) is 2. The summed E-state index contributed by atoms with van der Waals surface area (Å²) in [5.74, 6) is 1.77. The molecule has 2 aliphatic rings. The Balaban J connectivity index is 1.40. The number of anilines is 2. The highest BCUT2D eigenvalue weighted by Gasteiger charge is 2.37. The minimum Gasteiger partial charge on any atom is -0.497 e. The smallest absolute Gasteiger partial charge is 0.163 e. The molecule has 0 bridgehead atoms. The molecule has 5 nitrogen and oxygen atoms in total. The Hall–Kier alpha value is -4.51. The first-order valence-corrected chi connectivity index (χ1v) is 13.0. The molecule has 4 aromatic rings. The first-order chi connectivity index (χ1) is 18.7. The Kier molecular flexibility index (Phi) is 6.57. The third kappa shape index (κ3) is 4.75. The molecule has 0 saturated carbocycles. The summed E-state index contributed by atoms with van der Waals surface area (Å²) in [6.07, 6.45) is 1.17. The molecule has 2 atom stereocenters. The number of Topliss-reactive ketones (excluding diaryl/α,β-unsaturated/α-hetero) is 1. The fourth-order valence-corrected chi connectivity index (χ4v) is 5.44. The Bertz CT molecular complexity index is 1500. The van der Waals surface area contributed by atoms with E-state index >= 15 is 0 Å². The van der Waals surface area contributed by atoms with Crippen LogP contribution in [0.5, 0.6) is 11.5 Å². The zero-order valence-corrected chi connectivity index (χ0v) is 21.3. The van der Waals surface area contributed by atoms with Gasteiger partial charge < -0.3 is 20.1 Å². The SMILES string of the molecule is COc1cccc(C2CC(=O)C3=C(C2)Nc2ccccc2NC3c2ccccc2OCc2ccccc2)c1. The van der Waals surface area contributed by atoms with Crippen LogP contribution in [0.4, 0.5) is 11.4 Å². The van der Waals surface area contributed by atoms with Gasteiger partial charge in [-0.1, -0.05) is 72.8 Å². The molecule has 0 aromatic heterocycles. The number of methoxy groups -OCH3 is 1. The molecule has 38 heavy (non-hydrogen) atoms. The van der Waals surface area contributed by atoms with E-state index < -0.39 is 0 Å². The van der Waals surface area contributed by atoms with E-state index in [-0.39, 0.29) is 17.7 Å². The number of hydrogen-bond acceptors (Lipinski definition) is 5. The lowest BCUT2D eigenvalue weighted by Gasteiger charge is -2.30. The largest absolute Gasteiger partial charge is 0.497 e. The highest BCUT2D eigenvalue weighted by atomic mass is 16.5. The molecule has 0 spiro atoms. The Morgan fingerprint density at radius 3 is 2.42 bits per heavy atom. The molecule has 0 fully saturated rings. The van der Waals surface area contributed by atoms with Crippen LogP contribution in [0.2, 0.25) is 0 Å². The predicted molar refractivity (Wildman–Crippen MR) is 151 cm³/mol. The van der Waals surface area contributed by atoms with Crippen molar-refractivity contribution in [2.75, 3.05) is 17.7 Å². The molecular formula is C33H30N2O3. The van der Waals surface area contributed by atoms with Crippen molar-refractivity contribution in [3.63, 3.8) is 0 Å². The van der Waals surface area contributed by atoms with Gasteiger partial charge in [0.1, 0.15) is 18.1 Å². The van der Waals surface area contributed by atoms with Gasteiger partial charge in [-0.05, 0) is 53.8 Å². The first kappa shape index (κ1) is 23.9. The number of ketones is 1. The summed E-state index contributed by atoms with van der Waals surface area (Å²) in [5.41, 5.74) is 6.80. The Morgan fingerprint density at radius 1 is 0.816 bits per heavy atom. The van der Waals surface area contributed by atoms with Crippen LogP contribution in [0.25, 0.3) is 0 Å². The number of carbonyl (C=O) groups excluding carboxylic acids is 1. The fraction of sp³-hybridized carbons (Fsp3) is 0.182. The van der Waals surface area contributed by atoms with Gasteiger partial charge in [0.15, 0.2) is 5.78 Å². The summed E-state index contributed by atoms with van der Waals surface area (Å²) in [6.45, 7) is 0.456. The third-order valence-electron chi connectivity index (χ3n) is 7.34. The second-order valence-corrected chi connectivity index (χ2v) is 9.76. The summed E-state index contributed by atoms with van der Waals surface area (Å²) >= 11 is 0. The summed E-state index contributed by atoms with van der Waals surface area (Å²) in [4.78, 5) is 13.9. The van der Waals surface area contributed by atoms with E-state index in [2.05, 4.69) is 34.9 Å². The van der Waals surface area contributed by atoms with Gasteiger partial charge >= 0.3 is 0 Å². The molecule has 2 unspecified atom stereocenters. The van der Waals surface area contributed by atoms with Gasteiger partial charge in [-0.3, -0.25) is 4.79 Å². The molecule has 6 rings (SSSR count). The van der Waals surface area contributed by atoms with Crippen molar-refractivity contribution >= 4 is 17.2 Å². The zero-order chi connectivity index (χ0) is 25.9. The third-order valence-corrected chi connectivity index (χ3v) is 7.34. The van der Waals surface area contributed by atoms with Crippen LogP contribution in [0.3, 0.4) is 0 Å². The maximum atomic E-state index is 13.9. The number of benzene rings is 4. The lowest BCUT2D eigenvalue weighted by Crippen LogP contribution is -2.27. The number of nitrogens with one attached hydrogen (secondary N) is 2. The van der Waals surface area contributed by atoms with Gasteiger partial charge in [0.05, 0.1) is 24.5 Å². The Morgan fingerprint density at radius 2 is 1.58 bits per heavy atom. The van der Waals surface area contributed by atoms with Crippen molar-refractivity contribution in [2.45, 2.75) is 31.4 Å². The van der Waals surface area contributed by atoms with Crippen LogP contribution < -0.4 is 20.1 Å². The van der Waals surface area contributed by atoms with Crippen LogP contribution in [-0.2, 0) is 11.4 Å². The number of hydrogen-bond donors (Lipinski definition) is 2. The number of allylic oxidation sites excluding steroid dienone is 1. The molecule has 1 aliphatic heterocycles. The fourth-order valence-electron chi connectivity index (χ4n) is 5.44. The molecule has 0 radical (unpaired) electrons. The maximum Gasteiger partial charge on any atom is 0.163 e. The van der Waals surface area contributed by atoms with Crippen LogP contribution in [0.1, 0.15) is 41.5 Å². The lowest BCUT2D eigenvalue weighted by atomic mass is 9.78. The van der Waals surface area contributed by atoms with Crippen LogP contribution in [0.15, 0.2) is 114 Å². The molecule has 190 valence electrons. The molecule has 4 aromatic carbocycles. The summed E-state index contributed by atoms with van der Waals surface area (Å²) in [5, 5.41) is 7.30. The van der Waals surface area contributed by atoms with E-state index in [4.69, 9.17) is 9.47 Å². The van der Waals surface area contributed by atoms with Gasteiger partial charge in [-0.25, -0.2) is 0 Å².